The summed E-state index contributed by atoms with van der Waals surface area (Å²) in [5, 5.41) is 1.83. The normalized spacial score (nSPS) is 12.7. The lowest BCUT2D eigenvalue weighted by Gasteiger charge is -2.25. The topological polar surface area (TPSA) is 60.8 Å². The third-order valence-corrected chi connectivity index (χ3v) is 4.02. The molecule has 20 heavy (non-hydrogen) atoms. The zero-order valence-electron chi connectivity index (χ0n) is 12.4. The van der Waals surface area contributed by atoms with E-state index in [0.29, 0.717) is 19.7 Å². The number of aromatic nitrogens is 1. The van der Waals surface area contributed by atoms with Gasteiger partial charge in [0.1, 0.15) is 6.04 Å². The lowest BCUT2D eigenvalue weighted by Crippen LogP contribution is -2.44. The summed E-state index contributed by atoms with van der Waals surface area (Å²) in [7, 11) is 3.19. The number of thiazole rings is 1. The number of likely N-dealkylation sites (N-methyl/N-ethyl adjacent to an activating group) is 1. The van der Waals surface area contributed by atoms with Crippen molar-refractivity contribution in [3.05, 3.63) is 20.7 Å². The molecule has 7 heteroatoms. The summed E-state index contributed by atoms with van der Waals surface area (Å²) in [5.41, 5.74) is 0.938. The second-order valence-corrected chi connectivity index (χ2v) is 5.29. The molecule has 0 N–H and O–H groups in total. The van der Waals surface area contributed by atoms with Crippen LogP contribution in [0.1, 0.15) is 12.6 Å². The van der Waals surface area contributed by atoms with Crippen LogP contribution < -0.4 is 4.87 Å². The summed E-state index contributed by atoms with van der Waals surface area (Å²) in [6.45, 7) is 5.73. The van der Waals surface area contributed by atoms with E-state index >= 15 is 0 Å². The molecule has 0 fully saturated rings. The summed E-state index contributed by atoms with van der Waals surface area (Å²) >= 11 is 1.19. The maximum atomic E-state index is 11.7. The van der Waals surface area contributed by atoms with Gasteiger partial charge < -0.3 is 14.0 Å². The third kappa shape index (κ3) is 4.43. The largest absolute Gasteiger partial charge is 0.468 e. The van der Waals surface area contributed by atoms with Crippen LogP contribution in [0.5, 0.6) is 0 Å². The van der Waals surface area contributed by atoms with Crippen LogP contribution in [0.15, 0.2) is 10.2 Å². The van der Waals surface area contributed by atoms with Gasteiger partial charge in [0.2, 0.25) is 0 Å². The van der Waals surface area contributed by atoms with Gasteiger partial charge in [0, 0.05) is 30.8 Å². The fourth-order valence-electron chi connectivity index (χ4n) is 1.83. The van der Waals surface area contributed by atoms with Crippen molar-refractivity contribution >= 4 is 17.3 Å². The van der Waals surface area contributed by atoms with E-state index in [-0.39, 0.29) is 17.4 Å². The Bertz CT molecular complexity index is 483. The molecule has 0 aliphatic carbocycles. The average Bonchev–Trinajstić information content (AvgIpc) is 2.75. The van der Waals surface area contributed by atoms with E-state index in [4.69, 9.17) is 9.47 Å². The maximum Gasteiger partial charge on any atom is 0.325 e. The highest BCUT2D eigenvalue weighted by atomic mass is 32.1. The molecule has 1 aromatic rings. The molecule has 1 atom stereocenters. The van der Waals surface area contributed by atoms with Crippen LogP contribution in [0.3, 0.4) is 0 Å². The van der Waals surface area contributed by atoms with Crippen LogP contribution in [-0.2, 0) is 20.8 Å². The number of carbonyl (C=O) groups is 1. The summed E-state index contributed by atoms with van der Waals surface area (Å²) in [5.74, 6) is -0.324. The predicted octanol–water partition coefficient (Wildman–Crippen LogP) is 0.728. The first-order chi connectivity index (χ1) is 9.51. The molecule has 6 nitrogen and oxygen atoms in total. The van der Waals surface area contributed by atoms with Gasteiger partial charge in [0.25, 0.3) is 0 Å². The van der Waals surface area contributed by atoms with Gasteiger partial charge in [-0.2, -0.15) is 0 Å². The van der Waals surface area contributed by atoms with E-state index in [1.54, 1.807) is 4.57 Å². The summed E-state index contributed by atoms with van der Waals surface area (Å²) in [6.07, 6.45) is 0. The Morgan fingerprint density at radius 2 is 2.25 bits per heavy atom. The summed E-state index contributed by atoms with van der Waals surface area (Å²) in [6, 6.07) is -0.449. The lowest BCUT2D eigenvalue weighted by atomic mass is 10.2. The number of aryl methyl sites for hydroxylation is 1. The molecule has 0 saturated heterocycles. The molecule has 1 aromatic heterocycles. The Hall–Kier alpha value is -1.18. The standard InChI is InChI=1S/C13H22N2O4S/c1-5-19-8-11(12(16)18-4)14(3)6-7-15-10(2)9-20-13(15)17/h9,11H,5-8H2,1-4H3. The summed E-state index contributed by atoms with van der Waals surface area (Å²) in [4.78, 5) is 25.3. The number of rotatable bonds is 8. The second-order valence-electron chi connectivity index (χ2n) is 4.47. The molecule has 0 saturated carbocycles. The smallest absolute Gasteiger partial charge is 0.325 e. The van der Waals surface area contributed by atoms with Gasteiger partial charge in [-0.3, -0.25) is 14.5 Å². The van der Waals surface area contributed by atoms with Crippen molar-refractivity contribution in [3.8, 4) is 0 Å². The second kappa shape index (κ2) is 8.18. The van der Waals surface area contributed by atoms with Gasteiger partial charge >= 0.3 is 10.8 Å². The molecule has 1 rings (SSSR count). The Balaban J connectivity index is 2.64. The minimum absolute atomic E-state index is 0.0235. The van der Waals surface area contributed by atoms with Crippen LogP contribution in [0, 0.1) is 6.92 Å². The Morgan fingerprint density at radius 3 is 2.75 bits per heavy atom. The van der Waals surface area contributed by atoms with Crippen LogP contribution in [-0.4, -0.2) is 55.4 Å². The average molecular weight is 302 g/mol. The zero-order valence-corrected chi connectivity index (χ0v) is 13.2. The third-order valence-electron chi connectivity index (χ3n) is 3.14. The number of ether oxygens (including phenoxy) is 2. The van der Waals surface area contributed by atoms with Crippen molar-refractivity contribution in [2.24, 2.45) is 0 Å². The van der Waals surface area contributed by atoms with Crippen LogP contribution in [0.4, 0.5) is 0 Å². The molecule has 0 amide bonds. The first kappa shape index (κ1) is 16.9. The van der Waals surface area contributed by atoms with Crippen LogP contribution >= 0.6 is 11.3 Å². The molecule has 0 aliphatic rings. The highest BCUT2D eigenvalue weighted by molar-refractivity contribution is 7.07. The number of esters is 1. The number of hydrogen-bond donors (Lipinski definition) is 0. The zero-order chi connectivity index (χ0) is 15.1. The van der Waals surface area contributed by atoms with E-state index in [1.807, 2.05) is 31.2 Å². The fraction of sp³-hybridized carbons (Fsp3) is 0.692. The molecule has 0 bridgehead atoms. The SMILES string of the molecule is CCOCC(C(=O)OC)N(C)CCn1c(C)csc1=O. The molecular formula is C13H22N2O4S. The highest BCUT2D eigenvalue weighted by Crippen LogP contribution is 2.04. The van der Waals surface area contributed by atoms with E-state index in [9.17, 15) is 9.59 Å². The minimum Gasteiger partial charge on any atom is -0.468 e. The molecule has 1 heterocycles. The van der Waals surface area contributed by atoms with Crippen LogP contribution in [0.25, 0.3) is 0 Å². The van der Waals surface area contributed by atoms with Gasteiger partial charge in [-0.05, 0) is 20.9 Å². The molecule has 0 radical (unpaired) electrons. The Morgan fingerprint density at radius 1 is 1.55 bits per heavy atom. The van der Waals surface area contributed by atoms with Gasteiger partial charge in [-0.15, -0.1) is 0 Å². The van der Waals surface area contributed by atoms with Gasteiger partial charge in [-0.1, -0.05) is 11.3 Å². The Kier molecular flexibility index (Phi) is 6.90. The van der Waals surface area contributed by atoms with Crippen molar-refractivity contribution < 1.29 is 14.3 Å². The minimum atomic E-state index is -0.449. The molecular weight excluding hydrogens is 280 g/mol. The predicted molar refractivity (Wildman–Crippen MR) is 78.2 cm³/mol. The molecule has 0 spiro atoms. The van der Waals surface area contributed by atoms with Crippen LogP contribution in [0.2, 0.25) is 0 Å². The van der Waals surface area contributed by atoms with E-state index in [1.165, 1.54) is 18.4 Å². The molecule has 0 aromatic carbocycles. The maximum absolute atomic E-state index is 11.7. The first-order valence-electron chi connectivity index (χ1n) is 6.52. The number of nitrogens with zero attached hydrogens (tertiary/aromatic N) is 2. The van der Waals surface area contributed by atoms with Gasteiger partial charge in [0.05, 0.1) is 13.7 Å². The Labute approximate surface area is 122 Å². The van der Waals surface area contributed by atoms with Crippen molar-refractivity contribution in [3.63, 3.8) is 0 Å². The summed E-state index contributed by atoms with van der Waals surface area (Å²) < 4.78 is 11.8. The van der Waals surface area contributed by atoms with Crippen molar-refractivity contribution in [1.82, 2.24) is 9.47 Å². The van der Waals surface area contributed by atoms with E-state index < -0.39 is 6.04 Å². The first-order valence-corrected chi connectivity index (χ1v) is 7.40. The van der Waals surface area contributed by atoms with Crippen molar-refractivity contribution in [1.29, 1.82) is 0 Å². The van der Waals surface area contributed by atoms with E-state index in [2.05, 4.69) is 0 Å². The lowest BCUT2D eigenvalue weighted by molar-refractivity contribution is -0.148. The monoisotopic (exact) mass is 302 g/mol. The number of hydrogen-bond acceptors (Lipinski definition) is 6. The molecule has 0 aliphatic heterocycles. The van der Waals surface area contributed by atoms with Crippen molar-refractivity contribution in [2.75, 3.05) is 33.9 Å². The number of carbonyl (C=O) groups excluding carboxylic acids is 1. The van der Waals surface area contributed by atoms with Crippen molar-refractivity contribution in [2.45, 2.75) is 26.4 Å². The van der Waals surface area contributed by atoms with E-state index in [0.717, 1.165) is 5.69 Å². The molecule has 1 unspecified atom stereocenters. The molecule has 114 valence electrons. The highest BCUT2D eigenvalue weighted by Gasteiger charge is 2.24. The number of methoxy groups -OCH3 is 1. The van der Waals surface area contributed by atoms with Gasteiger partial charge in [0.15, 0.2) is 0 Å². The quantitative estimate of drug-likeness (QED) is 0.663. The van der Waals surface area contributed by atoms with Gasteiger partial charge in [-0.25, -0.2) is 0 Å². The fourth-order valence-corrected chi connectivity index (χ4v) is 2.59.